The summed E-state index contributed by atoms with van der Waals surface area (Å²) in [6, 6.07) is 16.3. The SMILES string of the molecule is COC(=O)C(=O)[C@@H]1[C@H](C(=O)c2ccccc2)[C@H]1c1ccc(Br)cc1. The van der Waals surface area contributed by atoms with Crippen LogP contribution in [0.3, 0.4) is 0 Å². The summed E-state index contributed by atoms with van der Waals surface area (Å²) in [5.74, 6) is -3.14. The summed E-state index contributed by atoms with van der Waals surface area (Å²) in [4.78, 5) is 36.7. The van der Waals surface area contributed by atoms with Crippen molar-refractivity contribution in [3.8, 4) is 0 Å². The van der Waals surface area contributed by atoms with E-state index in [4.69, 9.17) is 0 Å². The van der Waals surface area contributed by atoms with Gasteiger partial charge in [0.25, 0.3) is 0 Å². The molecular weight excluding hydrogens is 372 g/mol. The van der Waals surface area contributed by atoms with Gasteiger partial charge in [-0.25, -0.2) is 4.79 Å². The number of hydrogen-bond acceptors (Lipinski definition) is 4. The summed E-state index contributed by atoms with van der Waals surface area (Å²) >= 11 is 3.37. The lowest BCUT2D eigenvalue weighted by Crippen LogP contribution is -2.20. The average Bonchev–Trinajstić information content (AvgIpc) is 3.36. The second kappa shape index (κ2) is 6.69. The molecule has 24 heavy (non-hydrogen) atoms. The minimum atomic E-state index is -0.898. The monoisotopic (exact) mass is 386 g/mol. The Morgan fingerprint density at radius 1 is 0.917 bits per heavy atom. The Morgan fingerprint density at radius 2 is 1.54 bits per heavy atom. The van der Waals surface area contributed by atoms with Gasteiger partial charge in [0.1, 0.15) is 0 Å². The van der Waals surface area contributed by atoms with Gasteiger partial charge in [0.15, 0.2) is 5.78 Å². The van der Waals surface area contributed by atoms with Crippen LogP contribution in [0.5, 0.6) is 0 Å². The van der Waals surface area contributed by atoms with Crippen LogP contribution in [0.4, 0.5) is 0 Å². The molecule has 0 spiro atoms. The number of Topliss-reactive ketones (excluding diaryl/α,β-unsaturated/α-hetero) is 2. The van der Waals surface area contributed by atoms with Gasteiger partial charge in [-0.3, -0.25) is 9.59 Å². The standard InChI is InChI=1S/C19H15BrO4/c1-24-19(23)18(22)16-14(11-7-9-13(20)10-8-11)15(16)17(21)12-5-3-2-4-6-12/h2-10,14-16H,1H3/t14-,15-,16+/m1/s1. The molecule has 5 heteroatoms. The third kappa shape index (κ3) is 3.04. The Hall–Kier alpha value is -2.27. The fourth-order valence-corrected chi connectivity index (χ4v) is 3.36. The number of halogens is 1. The van der Waals surface area contributed by atoms with Crippen LogP contribution in [0, 0.1) is 11.8 Å². The number of carbonyl (C=O) groups excluding carboxylic acids is 3. The summed E-state index contributed by atoms with van der Waals surface area (Å²) in [5.41, 5.74) is 1.42. The van der Waals surface area contributed by atoms with Gasteiger partial charge in [-0.1, -0.05) is 58.4 Å². The van der Waals surface area contributed by atoms with E-state index in [9.17, 15) is 14.4 Å². The van der Waals surface area contributed by atoms with Crippen molar-refractivity contribution in [2.45, 2.75) is 5.92 Å². The van der Waals surface area contributed by atoms with Gasteiger partial charge in [0, 0.05) is 27.8 Å². The van der Waals surface area contributed by atoms with Crippen molar-refractivity contribution in [2.24, 2.45) is 11.8 Å². The van der Waals surface area contributed by atoms with Crippen molar-refractivity contribution >= 4 is 33.5 Å². The van der Waals surface area contributed by atoms with Crippen LogP contribution in [0.15, 0.2) is 59.1 Å². The van der Waals surface area contributed by atoms with E-state index < -0.39 is 23.6 Å². The number of ether oxygens (including phenoxy) is 1. The Bertz CT molecular complexity index is 783. The summed E-state index contributed by atoms with van der Waals surface area (Å²) in [6.07, 6.45) is 0. The first-order chi connectivity index (χ1) is 11.5. The second-order valence-electron chi connectivity index (χ2n) is 5.72. The molecule has 3 rings (SSSR count). The zero-order valence-corrected chi connectivity index (χ0v) is 14.5. The van der Waals surface area contributed by atoms with E-state index >= 15 is 0 Å². The van der Waals surface area contributed by atoms with Crippen LogP contribution in [-0.4, -0.2) is 24.6 Å². The first kappa shape index (κ1) is 16.6. The number of benzene rings is 2. The molecule has 0 amide bonds. The third-order valence-electron chi connectivity index (χ3n) is 4.33. The molecule has 0 aliphatic heterocycles. The largest absolute Gasteiger partial charge is 0.463 e. The molecule has 122 valence electrons. The molecule has 0 bridgehead atoms. The highest BCUT2D eigenvalue weighted by atomic mass is 79.9. The van der Waals surface area contributed by atoms with Gasteiger partial charge in [0.05, 0.1) is 7.11 Å². The summed E-state index contributed by atoms with van der Waals surface area (Å²) in [5, 5.41) is 0. The number of rotatable bonds is 5. The van der Waals surface area contributed by atoms with Gasteiger partial charge < -0.3 is 4.74 Å². The van der Waals surface area contributed by atoms with E-state index in [1.807, 2.05) is 30.3 Å². The Labute approximate surface area is 148 Å². The topological polar surface area (TPSA) is 60.4 Å². The minimum absolute atomic E-state index is 0.120. The highest BCUT2D eigenvalue weighted by Crippen LogP contribution is 2.56. The number of esters is 1. The Balaban J connectivity index is 1.92. The smallest absolute Gasteiger partial charge is 0.374 e. The van der Waals surface area contributed by atoms with E-state index in [1.54, 1.807) is 24.3 Å². The van der Waals surface area contributed by atoms with Crippen molar-refractivity contribution in [3.63, 3.8) is 0 Å². The molecule has 1 saturated carbocycles. The molecule has 1 aliphatic carbocycles. The van der Waals surface area contributed by atoms with Gasteiger partial charge in [0.2, 0.25) is 5.78 Å². The summed E-state index contributed by atoms with van der Waals surface area (Å²) in [6.45, 7) is 0. The molecule has 1 aliphatic rings. The van der Waals surface area contributed by atoms with Crippen molar-refractivity contribution in [1.29, 1.82) is 0 Å². The molecule has 0 aromatic heterocycles. The lowest BCUT2D eigenvalue weighted by Gasteiger charge is -2.01. The molecule has 0 unspecified atom stereocenters. The summed E-state index contributed by atoms with van der Waals surface area (Å²) in [7, 11) is 1.17. The molecule has 3 atom stereocenters. The van der Waals surface area contributed by atoms with Crippen LogP contribution in [0.1, 0.15) is 21.8 Å². The van der Waals surface area contributed by atoms with Crippen molar-refractivity contribution in [3.05, 3.63) is 70.2 Å². The van der Waals surface area contributed by atoms with Crippen LogP contribution in [-0.2, 0) is 14.3 Å². The molecule has 2 aromatic rings. The van der Waals surface area contributed by atoms with Crippen molar-refractivity contribution < 1.29 is 19.1 Å². The molecule has 0 N–H and O–H groups in total. The van der Waals surface area contributed by atoms with Crippen LogP contribution < -0.4 is 0 Å². The lowest BCUT2D eigenvalue weighted by molar-refractivity contribution is -0.152. The maximum Gasteiger partial charge on any atom is 0.374 e. The van der Waals surface area contributed by atoms with Crippen LogP contribution in [0.25, 0.3) is 0 Å². The molecule has 2 aromatic carbocycles. The van der Waals surface area contributed by atoms with Gasteiger partial charge >= 0.3 is 5.97 Å². The van der Waals surface area contributed by atoms with Crippen molar-refractivity contribution in [2.75, 3.05) is 7.11 Å². The third-order valence-corrected chi connectivity index (χ3v) is 4.85. The minimum Gasteiger partial charge on any atom is -0.463 e. The van der Waals surface area contributed by atoms with E-state index in [-0.39, 0.29) is 11.7 Å². The summed E-state index contributed by atoms with van der Waals surface area (Å²) < 4.78 is 5.45. The highest BCUT2D eigenvalue weighted by molar-refractivity contribution is 9.10. The average molecular weight is 387 g/mol. The van der Waals surface area contributed by atoms with E-state index in [0.717, 1.165) is 10.0 Å². The zero-order chi connectivity index (χ0) is 17.3. The number of hydrogen-bond donors (Lipinski definition) is 0. The maximum atomic E-state index is 12.8. The molecular formula is C19H15BrO4. The van der Waals surface area contributed by atoms with Gasteiger partial charge in [-0.2, -0.15) is 0 Å². The van der Waals surface area contributed by atoms with Crippen LogP contribution in [0.2, 0.25) is 0 Å². The molecule has 0 heterocycles. The predicted octanol–water partition coefficient (Wildman–Crippen LogP) is 3.40. The first-order valence-electron chi connectivity index (χ1n) is 7.51. The normalized spacial score (nSPS) is 21.8. The fraction of sp³-hybridized carbons (Fsp3) is 0.211. The molecule has 0 saturated heterocycles. The lowest BCUT2D eigenvalue weighted by atomic mass is 10.0. The van der Waals surface area contributed by atoms with Gasteiger partial charge in [-0.15, -0.1) is 0 Å². The van der Waals surface area contributed by atoms with E-state index in [2.05, 4.69) is 20.7 Å². The second-order valence-corrected chi connectivity index (χ2v) is 6.63. The highest BCUT2D eigenvalue weighted by Gasteiger charge is 2.60. The number of ketones is 2. The Morgan fingerprint density at radius 3 is 2.12 bits per heavy atom. The van der Waals surface area contributed by atoms with E-state index in [1.165, 1.54) is 7.11 Å². The number of carbonyl (C=O) groups is 3. The van der Waals surface area contributed by atoms with Crippen molar-refractivity contribution in [1.82, 2.24) is 0 Å². The number of methoxy groups -OCH3 is 1. The maximum absolute atomic E-state index is 12.8. The van der Waals surface area contributed by atoms with E-state index in [0.29, 0.717) is 5.56 Å². The zero-order valence-electron chi connectivity index (χ0n) is 12.9. The Kier molecular flexibility index (Phi) is 4.62. The fourth-order valence-electron chi connectivity index (χ4n) is 3.09. The molecule has 4 nitrogen and oxygen atoms in total. The van der Waals surface area contributed by atoms with Gasteiger partial charge in [-0.05, 0) is 17.7 Å². The quantitative estimate of drug-likeness (QED) is 0.448. The molecule has 1 fully saturated rings. The van der Waals surface area contributed by atoms with Crippen LogP contribution >= 0.6 is 15.9 Å². The predicted molar refractivity (Wildman–Crippen MR) is 91.7 cm³/mol. The molecule has 0 radical (unpaired) electrons. The first-order valence-corrected chi connectivity index (χ1v) is 8.30.